The van der Waals surface area contributed by atoms with E-state index in [-0.39, 0.29) is 5.54 Å². The molecule has 4 nitrogen and oxygen atoms in total. The maximum atomic E-state index is 3.87. The number of hydrogen-bond acceptors (Lipinski definition) is 4. The van der Waals surface area contributed by atoms with E-state index in [4.69, 9.17) is 0 Å². The van der Waals surface area contributed by atoms with Crippen LogP contribution in [0.25, 0.3) is 0 Å². The third kappa shape index (κ3) is 9.57. The summed E-state index contributed by atoms with van der Waals surface area (Å²) in [5, 5.41) is 0. The molecule has 0 bridgehead atoms. The van der Waals surface area contributed by atoms with Crippen molar-refractivity contribution in [3.63, 3.8) is 0 Å². The Kier molecular flexibility index (Phi) is 7.76. The fourth-order valence-corrected chi connectivity index (χ4v) is 5.62. The van der Waals surface area contributed by atoms with Gasteiger partial charge in [0.15, 0.2) is 8.40 Å². The second-order valence-corrected chi connectivity index (χ2v) is 11.5. The van der Waals surface area contributed by atoms with Gasteiger partial charge in [0.25, 0.3) is 0 Å². The van der Waals surface area contributed by atoms with Crippen molar-refractivity contribution in [3.05, 3.63) is 0 Å². The lowest BCUT2D eigenvalue weighted by Gasteiger charge is -2.42. The summed E-state index contributed by atoms with van der Waals surface area (Å²) in [7, 11) is 7.02. The summed E-state index contributed by atoms with van der Waals surface area (Å²) >= 11 is 0. The van der Waals surface area contributed by atoms with Gasteiger partial charge in [-0.2, -0.15) is 0 Å². The van der Waals surface area contributed by atoms with E-state index in [1.807, 2.05) is 0 Å². The molecule has 0 rings (SSSR count). The molecule has 0 spiro atoms. The van der Waals surface area contributed by atoms with E-state index in [1.54, 1.807) is 0 Å². The largest absolute Gasteiger partial charge is 0.321 e. The Balaban J connectivity index is 4.67. The summed E-state index contributed by atoms with van der Waals surface area (Å²) in [5.74, 6) is 0. The molecule has 0 aliphatic rings. The van der Waals surface area contributed by atoms with Gasteiger partial charge in [0.2, 0.25) is 0 Å². The quantitative estimate of drug-likeness (QED) is 0.683. The zero-order valence-electron chi connectivity index (χ0n) is 14.7. The third-order valence-electron chi connectivity index (χ3n) is 3.11. The van der Waals surface area contributed by atoms with Crippen LogP contribution in [0.2, 0.25) is 13.1 Å². The van der Waals surface area contributed by atoms with Crippen molar-refractivity contribution >= 4 is 8.40 Å². The van der Waals surface area contributed by atoms with E-state index < -0.39 is 8.40 Å². The highest BCUT2D eigenvalue weighted by Crippen LogP contribution is 2.12. The molecule has 0 saturated heterocycles. The molecule has 5 heteroatoms. The van der Waals surface area contributed by atoms with Gasteiger partial charge in [0, 0.05) is 31.7 Å². The Labute approximate surface area is 122 Å². The van der Waals surface area contributed by atoms with Crippen molar-refractivity contribution in [2.75, 3.05) is 54.4 Å². The van der Waals surface area contributed by atoms with Crippen LogP contribution < -0.4 is 4.98 Å². The van der Waals surface area contributed by atoms with Crippen LogP contribution in [-0.4, -0.2) is 82.7 Å². The molecule has 0 aliphatic heterocycles. The predicted molar refractivity (Wildman–Crippen MR) is 89.1 cm³/mol. The molecule has 19 heavy (non-hydrogen) atoms. The van der Waals surface area contributed by atoms with Gasteiger partial charge in [-0.1, -0.05) is 0 Å². The number of rotatable bonds is 8. The zero-order valence-corrected chi connectivity index (χ0v) is 15.7. The molecule has 0 aliphatic carbocycles. The van der Waals surface area contributed by atoms with Crippen molar-refractivity contribution in [1.82, 2.24) is 19.3 Å². The minimum atomic E-state index is -1.57. The minimum Gasteiger partial charge on any atom is -0.321 e. The molecule has 116 valence electrons. The highest BCUT2D eigenvalue weighted by Gasteiger charge is 2.33. The zero-order chi connectivity index (χ0) is 15.3. The molecule has 0 aromatic carbocycles. The first-order chi connectivity index (χ1) is 8.44. The summed E-state index contributed by atoms with van der Waals surface area (Å²) in [6, 6.07) is 0. The Bertz CT molecular complexity index is 234. The third-order valence-corrected chi connectivity index (χ3v) is 6.50. The van der Waals surface area contributed by atoms with Gasteiger partial charge in [-0.25, -0.2) is 0 Å². The minimum absolute atomic E-state index is 0.185. The second-order valence-electron chi connectivity index (χ2n) is 7.53. The average Bonchev–Trinajstić information content (AvgIpc) is 2.11. The number of nitrogens with zero attached hydrogens (tertiary/aromatic N) is 3. The molecule has 0 atom stereocenters. The lowest BCUT2D eigenvalue weighted by molar-refractivity contribution is 0.288. The van der Waals surface area contributed by atoms with Crippen LogP contribution in [0.5, 0.6) is 0 Å². The van der Waals surface area contributed by atoms with Crippen LogP contribution in [0, 0.1) is 0 Å². The molecule has 0 saturated carbocycles. The monoisotopic (exact) mass is 288 g/mol. The molecule has 0 unspecified atom stereocenters. The Morgan fingerprint density at radius 2 is 1.16 bits per heavy atom. The summed E-state index contributed by atoms with van der Waals surface area (Å²) in [6.45, 7) is 16.2. The van der Waals surface area contributed by atoms with E-state index in [0.717, 1.165) is 26.2 Å². The molecule has 1 N–H and O–H groups in total. The van der Waals surface area contributed by atoms with E-state index in [0.29, 0.717) is 0 Å². The van der Waals surface area contributed by atoms with Gasteiger partial charge in [-0.3, -0.25) is 0 Å². The van der Waals surface area contributed by atoms with Gasteiger partial charge < -0.3 is 19.3 Å². The Hall–Kier alpha value is 0.0569. The fourth-order valence-electron chi connectivity index (χ4n) is 2.31. The molecule has 0 heterocycles. The first kappa shape index (κ1) is 19.1. The van der Waals surface area contributed by atoms with Gasteiger partial charge >= 0.3 is 0 Å². The predicted octanol–water partition coefficient (Wildman–Crippen LogP) is 1.50. The average molecular weight is 289 g/mol. The molecule has 0 aromatic heterocycles. The smallest absolute Gasteiger partial charge is 0.198 e. The summed E-state index contributed by atoms with van der Waals surface area (Å²) in [4.78, 5) is 8.41. The molecular formula is C14H36N4Si. The van der Waals surface area contributed by atoms with Crippen molar-refractivity contribution < 1.29 is 0 Å². The number of nitrogens with one attached hydrogen (secondary N) is 1. The SMILES string of the molecule is CN(C)CCN(CCN(C)C)[Si](C)(C)NC(C)(C)C. The van der Waals surface area contributed by atoms with Crippen LogP contribution in [0.4, 0.5) is 0 Å². The molecule has 0 radical (unpaired) electrons. The summed E-state index contributed by atoms with van der Waals surface area (Å²) in [6.07, 6.45) is 0. The molecule has 0 fully saturated rings. The Morgan fingerprint density at radius 3 is 1.42 bits per heavy atom. The Morgan fingerprint density at radius 1 is 0.789 bits per heavy atom. The maximum Gasteiger partial charge on any atom is 0.198 e. The number of likely N-dealkylation sites (N-methyl/N-ethyl adjacent to an activating group) is 2. The fraction of sp³-hybridized carbons (Fsp3) is 1.00. The van der Waals surface area contributed by atoms with Gasteiger partial charge in [0.1, 0.15) is 0 Å². The maximum absolute atomic E-state index is 3.87. The molecular weight excluding hydrogens is 252 g/mol. The summed E-state index contributed by atoms with van der Waals surface area (Å²) < 4.78 is 2.68. The van der Waals surface area contributed by atoms with E-state index in [2.05, 4.69) is 81.4 Å². The molecule has 0 amide bonds. The van der Waals surface area contributed by atoms with Crippen molar-refractivity contribution in [2.45, 2.75) is 39.4 Å². The molecule has 0 aromatic rings. The topological polar surface area (TPSA) is 21.8 Å². The summed E-state index contributed by atoms with van der Waals surface area (Å²) in [5.41, 5.74) is 0.185. The van der Waals surface area contributed by atoms with Crippen LogP contribution in [0.15, 0.2) is 0 Å². The normalized spacial score (nSPS) is 13.9. The van der Waals surface area contributed by atoms with Crippen LogP contribution in [0.1, 0.15) is 20.8 Å². The second kappa shape index (κ2) is 7.74. The van der Waals surface area contributed by atoms with Crippen molar-refractivity contribution in [2.24, 2.45) is 0 Å². The van der Waals surface area contributed by atoms with Gasteiger partial charge in [-0.15, -0.1) is 0 Å². The van der Waals surface area contributed by atoms with E-state index in [1.165, 1.54) is 0 Å². The van der Waals surface area contributed by atoms with Crippen LogP contribution in [0.3, 0.4) is 0 Å². The van der Waals surface area contributed by atoms with Crippen LogP contribution >= 0.6 is 0 Å². The van der Waals surface area contributed by atoms with Gasteiger partial charge in [-0.05, 0) is 62.1 Å². The first-order valence-corrected chi connectivity index (χ1v) is 10.2. The highest BCUT2D eigenvalue weighted by molar-refractivity contribution is 6.72. The van der Waals surface area contributed by atoms with Crippen molar-refractivity contribution in [1.29, 1.82) is 0 Å². The lowest BCUT2D eigenvalue weighted by Crippen LogP contribution is -2.66. The highest BCUT2D eigenvalue weighted by atomic mass is 28.3. The van der Waals surface area contributed by atoms with E-state index in [9.17, 15) is 0 Å². The van der Waals surface area contributed by atoms with Crippen molar-refractivity contribution in [3.8, 4) is 0 Å². The van der Waals surface area contributed by atoms with Gasteiger partial charge in [0.05, 0.1) is 0 Å². The number of hydrogen-bond donors (Lipinski definition) is 1. The standard InChI is InChI=1S/C14H36N4Si/c1-14(2,3)15-19(8,9)18(12-10-16(4)5)13-11-17(6)7/h15H,10-13H2,1-9H3. The lowest BCUT2D eigenvalue weighted by atomic mass is 10.1. The van der Waals surface area contributed by atoms with E-state index >= 15 is 0 Å². The van der Waals surface area contributed by atoms with Crippen LogP contribution in [-0.2, 0) is 0 Å². The first-order valence-electron chi connectivity index (χ1n) is 7.28.